The summed E-state index contributed by atoms with van der Waals surface area (Å²) in [6, 6.07) is 9.82. The normalized spacial score (nSPS) is 13.4. The van der Waals surface area contributed by atoms with Crippen LogP contribution in [0.5, 0.6) is 17.2 Å². The van der Waals surface area contributed by atoms with Crippen LogP contribution >= 0.6 is 0 Å². The van der Waals surface area contributed by atoms with Gasteiger partial charge in [0.1, 0.15) is 11.5 Å². The molecule has 0 aliphatic carbocycles. The lowest BCUT2D eigenvalue weighted by molar-refractivity contribution is 0.186. The fourth-order valence-corrected chi connectivity index (χ4v) is 2.87. The van der Waals surface area contributed by atoms with Crippen molar-refractivity contribution in [1.29, 1.82) is 0 Å². The molecule has 2 aromatic rings. The van der Waals surface area contributed by atoms with Gasteiger partial charge in [0.2, 0.25) is 0 Å². The number of nitrogens with one attached hydrogen (secondary N) is 2. The molecule has 2 unspecified atom stereocenters. The second-order valence-corrected chi connectivity index (χ2v) is 6.64. The van der Waals surface area contributed by atoms with Crippen molar-refractivity contribution in [1.82, 2.24) is 10.6 Å². The van der Waals surface area contributed by atoms with E-state index in [0.717, 1.165) is 5.56 Å². The first-order chi connectivity index (χ1) is 14.4. The van der Waals surface area contributed by atoms with Gasteiger partial charge in [-0.1, -0.05) is 6.07 Å². The van der Waals surface area contributed by atoms with E-state index in [1.807, 2.05) is 13.8 Å². The number of aliphatic imine (C=N–C) groups is 1. The van der Waals surface area contributed by atoms with Gasteiger partial charge >= 0.3 is 0 Å². The Bertz CT molecular complexity index is 838. The van der Waals surface area contributed by atoms with E-state index in [1.54, 1.807) is 44.6 Å². The van der Waals surface area contributed by atoms with Crippen molar-refractivity contribution in [3.63, 3.8) is 0 Å². The minimum Gasteiger partial charge on any atom is -0.497 e. The highest BCUT2D eigenvalue weighted by Crippen LogP contribution is 2.26. The molecule has 8 heteroatoms. The largest absolute Gasteiger partial charge is 0.497 e. The summed E-state index contributed by atoms with van der Waals surface area (Å²) >= 11 is 0. The number of halogens is 1. The number of benzene rings is 2. The summed E-state index contributed by atoms with van der Waals surface area (Å²) in [6.45, 7) is 4.60. The summed E-state index contributed by atoms with van der Waals surface area (Å²) in [5, 5.41) is 16.9. The van der Waals surface area contributed by atoms with Gasteiger partial charge in [0, 0.05) is 12.6 Å². The molecule has 0 fully saturated rings. The Balaban J connectivity index is 2.12. The van der Waals surface area contributed by atoms with Gasteiger partial charge < -0.3 is 30.0 Å². The highest BCUT2D eigenvalue weighted by Gasteiger charge is 2.14. The first-order valence-corrected chi connectivity index (χ1v) is 9.71. The van der Waals surface area contributed by atoms with Gasteiger partial charge in [-0.2, -0.15) is 0 Å². The number of aliphatic hydroxyl groups is 1. The van der Waals surface area contributed by atoms with Gasteiger partial charge in [0.25, 0.3) is 0 Å². The van der Waals surface area contributed by atoms with Crippen LogP contribution < -0.4 is 24.8 Å². The smallest absolute Gasteiger partial charge is 0.191 e. The van der Waals surface area contributed by atoms with Gasteiger partial charge in [0.15, 0.2) is 17.5 Å². The van der Waals surface area contributed by atoms with Gasteiger partial charge in [-0.25, -0.2) is 4.39 Å². The molecule has 0 saturated heterocycles. The standard InChI is InChI=1S/C22H30FN3O4/c1-6-24-22(26-14(2)15-7-8-21(30-5)19(23)11-15)25-13-20(27)16-9-17(28-3)12-18(10-16)29-4/h7-12,14,20,27H,6,13H2,1-5H3,(H2,24,25,26). The van der Waals surface area contributed by atoms with Gasteiger partial charge in [-0.15, -0.1) is 0 Å². The molecule has 30 heavy (non-hydrogen) atoms. The van der Waals surface area contributed by atoms with Crippen LogP contribution in [0.4, 0.5) is 4.39 Å². The number of nitrogens with zero attached hydrogens (tertiary/aromatic N) is 1. The van der Waals surface area contributed by atoms with Gasteiger partial charge in [0.05, 0.1) is 40.0 Å². The summed E-state index contributed by atoms with van der Waals surface area (Å²) in [4.78, 5) is 4.47. The Morgan fingerprint density at radius 1 is 1.03 bits per heavy atom. The third kappa shape index (κ3) is 6.25. The highest BCUT2D eigenvalue weighted by molar-refractivity contribution is 5.80. The summed E-state index contributed by atoms with van der Waals surface area (Å²) in [5.41, 5.74) is 1.38. The number of hydrogen-bond donors (Lipinski definition) is 3. The third-order valence-corrected chi connectivity index (χ3v) is 4.55. The minimum atomic E-state index is -0.849. The molecule has 0 saturated carbocycles. The van der Waals surface area contributed by atoms with Crippen LogP contribution in [0.15, 0.2) is 41.4 Å². The Labute approximate surface area is 176 Å². The first-order valence-electron chi connectivity index (χ1n) is 9.71. The van der Waals surface area contributed by atoms with Crippen LogP contribution in [0.2, 0.25) is 0 Å². The number of methoxy groups -OCH3 is 3. The van der Waals surface area contributed by atoms with Crippen LogP contribution in [0, 0.1) is 5.82 Å². The van der Waals surface area contributed by atoms with E-state index in [4.69, 9.17) is 14.2 Å². The molecule has 0 radical (unpaired) electrons. The van der Waals surface area contributed by atoms with Crippen LogP contribution in [-0.2, 0) is 0 Å². The fraction of sp³-hybridized carbons (Fsp3) is 0.409. The van der Waals surface area contributed by atoms with E-state index in [-0.39, 0.29) is 18.3 Å². The molecule has 0 aliphatic rings. The highest BCUT2D eigenvalue weighted by atomic mass is 19.1. The number of guanidine groups is 1. The number of rotatable bonds is 9. The Morgan fingerprint density at radius 3 is 2.23 bits per heavy atom. The monoisotopic (exact) mass is 419 g/mol. The second kappa shape index (κ2) is 11.3. The average molecular weight is 419 g/mol. The van der Waals surface area contributed by atoms with E-state index >= 15 is 0 Å². The van der Waals surface area contributed by atoms with Crippen molar-refractivity contribution >= 4 is 5.96 Å². The molecule has 2 rings (SSSR count). The van der Waals surface area contributed by atoms with Crippen LogP contribution in [0.25, 0.3) is 0 Å². The van der Waals surface area contributed by atoms with Gasteiger partial charge in [-0.3, -0.25) is 4.99 Å². The fourth-order valence-electron chi connectivity index (χ4n) is 2.87. The molecular weight excluding hydrogens is 389 g/mol. The van der Waals surface area contributed by atoms with E-state index in [0.29, 0.717) is 29.6 Å². The Kier molecular flexibility index (Phi) is 8.73. The maximum absolute atomic E-state index is 14.0. The molecule has 0 amide bonds. The van der Waals surface area contributed by atoms with Crippen LogP contribution in [0.1, 0.15) is 37.1 Å². The summed E-state index contributed by atoms with van der Waals surface area (Å²) < 4.78 is 29.5. The zero-order chi connectivity index (χ0) is 22.1. The maximum atomic E-state index is 14.0. The van der Waals surface area contributed by atoms with Gasteiger partial charge in [-0.05, 0) is 49.2 Å². The Hall–Kier alpha value is -3.00. The molecule has 0 spiro atoms. The molecular formula is C22H30FN3O4. The maximum Gasteiger partial charge on any atom is 0.191 e. The van der Waals surface area contributed by atoms with Crippen LogP contribution in [0.3, 0.4) is 0 Å². The zero-order valence-electron chi connectivity index (χ0n) is 18.0. The average Bonchev–Trinajstić information content (AvgIpc) is 2.76. The zero-order valence-corrected chi connectivity index (χ0v) is 18.0. The van der Waals surface area contributed by atoms with E-state index in [1.165, 1.54) is 13.2 Å². The van der Waals surface area contributed by atoms with Crippen molar-refractivity contribution in [2.24, 2.45) is 4.99 Å². The topological polar surface area (TPSA) is 84.3 Å². The number of ether oxygens (including phenoxy) is 3. The minimum absolute atomic E-state index is 0.120. The molecule has 7 nitrogen and oxygen atoms in total. The molecule has 0 heterocycles. The summed E-state index contributed by atoms with van der Waals surface area (Å²) in [5.74, 6) is 1.46. The third-order valence-electron chi connectivity index (χ3n) is 4.55. The quantitative estimate of drug-likeness (QED) is 0.428. The lowest BCUT2D eigenvalue weighted by Crippen LogP contribution is -2.39. The molecule has 2 atom stereocenters. The van der Waals surface area contributed by atoms with Crippen molar-refractivity contribution in [2.75, 3.05) is 34.4 Å². The van der Waals surface area contributed by atoms with Crippen molar-refractivity contribution in [3.8, 4) is 17.2 Å². The number of aliphatic hydroxyl groups excluding tert-OH is 1. The molecule has 164 valence electrons. The predicted molar refractivity (Wildman–Crippen MR) is 115 cm³/mol. The number of hydrogen-bond acceptors (Lipinski definition) is 5. The van der Waals surface area contributed by atoms with Crippen molar-refractivity contribution < 1.29 is 23.7 Å². The molecule has 3 N–H and O–H groups in total. The summed E-state index contributed by atoms with van der Waals surface area (Å²) in [7, 11) is 4.54. The molecule has 0 aliphatic heterocycles. The second-order valence-electron chi connectivity index (χ2n) is 6.64. The molecule has 0 aromatic heterocycles. The molecule has 0 bridgehead atoms. The van der Waals surface area contributed by atoms with Crippen LogP contribution in [-0.4, -0.2) is 45.5 Å². The van der Waals surface area contributed by atoms with E-state index < -0.39 is 11.9 Å². The Morgan fingerprint density at radius 2 is 1.70 bits per heavy atom. The lowest BCUT2D eigenvalue weighted by atomic mass is 10.1. The lowest BCUT2D eigenvalue weighted by Gasteiger charge is -2.19. The van der Waals surface area contributed by atoms with E-state index in [2.05, 4.69) is 15.6 Å². The predicted octanol–water partition coefficient (Wildman–Crippen LogP) is 3.20. The van der Waals surface area contributed by atoms with Crippen molar-refractivity contribution in [2.45, 2.75) is 26.0 Å². The SMILES string of the molecule is CCNC(=NCC(O)c1cc(OC)cc(OC)c1)NC(C)c1ccc(OC)c(F)c1. The molecule has 2 aromatic carbocycles. The van der Waals surface area contributed by atoms with Crippen molar-refractivity contribution in [3.05, 3.63) is 53.3 Å². The first kappa shape index (κ1) is 23.3. The summed E-state index contributed by atoms with van der Waals surface area (Å²) in [6.07, 6.45) is -0.849. The van der Waals surface area contributed by atoms with E-state index in [9.17, 15) is 9.50 Å².